The lowest BCUT2D eigenvalue weighted by atomic mass is 9.93. The van der Waals surface area contributed by atoms with E-state index in [2.05, 4.69) is 41.2 Å². The number of aryl methyl sites for hydroxylation is 1. The van der Waals surface area contributed by atoms with Crippen molar-refractivity contribution in [2.75, 3.05) is 7.11 Å². The fourth-order valence-electron chi connectivity index (χ4n) is 2.77. The van der Waals surface area contributed by atoms with E-state index < -0.39 is 0 Å². The number of benzene rings is 2. The molecule has 4 heteroatoms. The zero-order chi connectivity index (χ0) is 17.9. The molecule has 0 spiro atoms. The van der Waals surface area contributed by atoms with Crippen LogP contribution in [0.25, 0.3) is 0 Å². The zero-order valence-electron chi connectivity index (χ0n) is 14.8. The molecular formula is C20H24BrNO2. The molecule has 0 saturated heterocycles. The van der Waals surface area contributed by atoms with Crippen LogP contribution in [0.15, 0.2) is 40.9 Å². The number of hydrogen-bond acceptors (Lipinski definition) is 2. The highest BCUT2D eigenvalue weighted by atomic mass is 79.9. The fourth-order valence-corrected chi connectivity index (χ4v) is 3.03. The van der Waals surface area contributed by atoms with Crippen LogP contribution in [0.4, 0.5) is 0 Å². The molecule has 0 unspecified atom stereocenters. The second kappa shape index (κ2) is 7.84. The Balaban J connectivity index is 2.25. The summed E-state index contributed by atoms with van der Waals surface area (Å²) < 4.78 is 6.45. The quantitative estimate of drug-likeness (QED) is 0.744. The Hall–Kier alpha value is -1.81. The minimum atomic E-state index is -0.0791. The molecule has 0 aliphatic rings. The number of rotatable bonds is 5. The molecule has 0 radical (unpaired) electrons. The second-order valence-electron chi connectivity index (χ2n) is 6.31. The maximum atomic E-state index is 12.4. The molecule has 1 atom stereocenters. The topological polar surface area (TPSA) is 38.3 Å². The van der Waals surface area contributed by atoms with Gasteiger partial charge in [0, 0.05) is 10.0 Å². The molecule has 3 nitrogen and oxygen atoms in total. The maximum absolute atomic E-state index is 12.4. The van der Waals surface area contributed by atoms with Gasteiger partial charge >= 0.3 is 0 Å². The third kappa shape index (κ3) is 4.18. The molecule has 2 rings (SSSR count). The second-order valence-corrected chi connectivity index (χ2v) is 7.22. The van der Waals surface area contributed by atoms with Crippen LogP contribution >= 0.6 is 15.9 Å². The Bertz CT molecular complexity index is 723. The maximum Gasteiger partial charge on any atom is 0.251 e. The summed E-state index contributed by atoms with van der Waals surface area (Å²) in [5.41, 5.74) is 4.04. The van der Waals surface area contributed by atoms with Gasteiger partial charge in [-0.15, -0.1) is 0 Å². The highest BCUT2D eigenvalue weighted by Gasteiger charge is 2.17. The third-order valence-corrected chi connectivity index (χ3v) is 4.69. The Morgan fingerprint density at radius 1 is 1.08 bits per heavy atom. The van der Waals surface area contributed by atoms with Crippen LogP contribution in [0.2, 0.25) is 0 Å². The molecule has 2 aromatic carbocycles. The minimum Gasteiger partial charge on any atom is -0.496 e. The first-order valence-electron chi connectivity index (χ1n) is 8.08. The van der Waals surface area contributed by atoms with Gasteiger partial charge in [0.2, 0.25) is 0 Å². The Kier molecular flexibility index (Phi) is 6.05. The first kappa shape index (κ1) is 18.5. The van der Waals surface area contributed by atoms with Gasteiger partial charge in [0.1, 0.15) is 5.75 Å². The van der Waals surface area contributed by atoms with E-state index in [9.17, 15) is 4.79 Å². The third-order valence-electron chi connectivity index (χ3n) is 4.16. The van der Waals surface area contributed by atoms with Gasteiger partial charge in [-0.25, -0.2) is 0 Å². The predicted molar refractivity (Wildman–Crippen MR) is 102 cm³/mol. The van der Waals surface area contributed by atoms with Crippen LogP contribution in [-0.4, -0.2) is 13.0 Å². The number of methoxy groups -OCH3 is 1. The van der Waals surface area contributed by atoms with Crippen molar-refractivity contribution < 1.29 is 9.53 Å². The van der Waals surface area contributed by atoms with Crippen LogP contribution in [-0.2, 0) is 0 Å². The molecule has 24 heavy (non-hydrogen) atoms. The first-order valence-corrected chi connectivity index (χ1v) is 8.87. The molecule has 0 heterocycles. The summed E-state index contributed by atoms with van der Waals surface area (Å²) in [4.78, 5) is 12.4. The molecule has 128 valence electrons. The van der Waals surface area contributed by atoms with Crippen molar-refractivity contribution in [3.05, 3.63) is 63.1 Å². The van der Waals surface area contributed by atoms with Crippen LogP contribution in [0, 0.1) is 6.92 Å². The highest BCUT2D eigenvalue weighted by molar-refractivity contribution is 9.10. The van der Waals surface area contributed by atoms with Crippen LogP contribution < -0.4 is 10.1 Å². The Morgan fingerprint density at radius 3 is 2.25 bits per heavy atom. The van der Waals surface area contributed by atoms with Crippen LogP contribution in [0.1, 0.15) is 59.8 Å². The average molecular weight is 390 g/mol. The van der Waals surface area contributed by atoms with Gasteiger partial charge in [-0.2, -0.15) is 0 Å². The minimum absolute atomic E-state index is 0.0729. The van der Waals surface area contributed by atoms with E-state index in [0.717, 1.165) is 26.9 Å². The van der Waals surface area contributed by atoms with E-state index in [-0.39, 0.29) is 11.9 Å². The van der Waals surface area contributed by atoms with Crippen molar-refractivity contribution >= 4 is 21.8 Å². The molecular weight excluding hydrogens is 366 g/mol. The lowest BCUT2D eigenvalue weighted by Gasteiger charge is -2.21. The summed E-state index contributed by atoms with van der Waals surface area (Å²) in [6, 6.07) is 11.5. The highest BCUT2D eigenvalue weighted by Crippen LogP contribution is 2.32. The summed E-state index contributed by atoms with van der Waals surface area (Å²) >= 11 is 3.38. The van der Waals surface area contributed by atoms with Gasteiger partial charge in [-0.1, -0.05) is 29.8 Å². The van der Waals surface area contributed by atoms with E-state index in [1.807, 2.05) is 44.2 Å². The zero-order valence-corrected chi connectivity index (χ0v) is 16.4. The van der Waals surface area contributed by atoms with Gasteiger partial charge in [-0.05, 0) is 72.9 Å². The van der Waals surface area contributed by atoms with Crippen molar-refractivity contribution in [1.82, 2.24) is 5.32 Å². The van der Waals surface area contributed by atoms with E-state index in [1.165, 1.54) is 0 Å². The van der Waals surface area contributed by atoms with E-state index in [4.69, 9.17) is 4.74 Å². The van der Waals surface area contributed by atoms with Gasteiger partial charge in [0.15, 0.2) is 0 Å². The van der Waals surface area contributed by atoms with Crippen LogP contribution in [0.5, 0.6) is 5.75 Å². The van der Waals surface area contributed by atoms with Crippen molar-refractivity contribution in [3.63, 3.8) is 0 Å². The van der Waals surface area contributed by atoms with Crippen molar-refractivity contribution in [2.45, 2.75) is 39.7 Å². The molecule has 0 saturated carbocycles. The summed E-state index contributed by atoms with van der Waals surface area (Å²) in [5, 5.41) is 3.08. The lowest BCUT2D eigenvalue weighted by Crippen LogP contribution is -2.27. The molecule has 0 bridgehead atoms. The molecule has 2 aromatic rings. The molecule has 1 N–H and O–H groups in total. The monoisotopic (exact) mass is 389 g/mol. The first-order chi connectivity index (χ1) is 11.3. The number of ether oxygens (including phenoxy) is 1. The molecule has 0 aromatic heterocycles. The lowest BCUT2D eigenvalue weighted by molar-refractivity contribution is 0.0940. The summed E-state index contributed by atoms with van der Waals surface area (Å²) in [5.74, 6) is 1.18. The number of amides is 1. The normalized spacial score (nSPS) is 12.1. The number of halogens is 1. The van der Waals surface area contributed by atoms with Crippen molar-refractivity contribution in [1.29, 1.82) is 0 Å². The smallest absolute Gasteiger partial charge is 0.251 e. The Labute approximate surface area is 152 Å². The molecule has 0 fully saturated rings. The Morgan fingerprint density at radius 2 is 1.71 bits per heavy atom. The number of nitrogens with one attached hydrogen (secondary N) is 1. The molecule has 0 aliphatic heterocycles. The fraction of sp³-hybridized carbons (Fsp3) is 0.350. The van der Waals surface area contributed by atoms with E-state index in [0.29, 0.717) is 11.5 Å². The van der Waals surface area contributed by atoms with Gasteiger partial charge in [0.05, 0.1) is 13.2 Å². The number of carbonyl (C=O) groups is 1. The SMILES string of the molecule is COc1cc(C)c([C@@H](C)NC(=O)c2ccc(Br)cc2)cc1C(C)C. The predicted octanol–water partition coefficient (Wildman–Crippen LogP) is 5.38. The standard InChI is InChI=1S/C20H24BrNO2/c1-12(2)17-11-18(13(3)10-19(17)24-5)14(4)22-20(23)15-6-8-16(21)9-7-15/h6-12,14H,1-5H3,(H,22,23)/t14-/m1/s1. The van der Waals surface area contributed by atoms with E-state index in [1.54, 1.807) is 7.11 Å². The summed E-state index contributed by atoms with van der Waals surface area (Å²) in [6.07, 6.45) is 0. The van der Waals surface area contributed by atoms with Crippen LogP contribution in [0.3, 0.4) is 0 Å². The molecule has 0 aliphatic carbocycles. The largest absolute Gasteiger partial charge is 0.496 e. The van der Waals surface area contributed by atoms with Gasteiger partial charge in [-0.3, -0.25) is 4.79 Å². The number of carbonyl (C=O) groups excluding carboxylic acids is 1. The van der Waals surface area contributed by atoms with Crippen molar-refractivity contribution in [3.8, 4) is 5.75 Å². The van der Waals surface area contributed by atoms with Crippen molar-refractivity contribution in [2.24, 2.45) is 0 Å². The summed E-state index contributed by atoms with van der Waals surface area (Å²) in [6.45, 7) is 8.34. The van der Waals surface area contributed by atoms with E-state index >= 15 is 0 Å². The summed E-state index contributed by atoms with van der Waals surface area (Å²) in [7, 11) is 1.69. The number of hydrogen-bond donors (Lipinski definition) is 1. The molecule has 1 amide bonds. The van der Waals surface area contributed by atoms with Gasteiger partial charge < -0.3 is 10.1 Å². The average Bonchev–Trinajstić information content (AvgIpc) is 2.54. The van der Waals surface area contributed by atoms with Gasteiger partial charge in [0.25, 0.3) is 5.91 Å².